The number of hydrogen-bond acceptors (Lipinski definition) is 1. The van der Waals surface area contributed by atoms with E-state index in [-0.39, 0.29) is 0 Å². The molecule has 0 radical (unpaired) electrons. The summed E-state index contributed by atoms with van der Waals surface area (Å²) in [5.41, 5.74) is 0. The van der Waals surface area contributed by atoms with Crippen LogP contribution in [0.15, 0.2) is 18.7 Å². The predicted molar refractivity (Wildman–Crippen MR) is 69.4 cm³/mol. The molecule has 1 rings (SSSR count). The smallest absolute Gasteiger partial charge is 0.0945 e. The van der Waals surface area contributed by atoms with Crippen LogP contribution in [0.25, 0.3) is 0 Å². The molecule has 0 aliphatic heterocycles. The molecule has 0 amide bonds. The number of hydrogen-bond donors (Lipinski definition) is 0. The van der Waals surface area contributed by atoms with Gasteiger partial charge in [0.2, 0.25) is 0 Å². The second kappa shape index (κ2) is 8.37. The fraction of sp³-hybridized carbons (Fsp3) is 0.786. The first-order valence-corrected chi connectivity index (χ1v) is 6.78. The summed E-state index contributed by atoms with van der Waals surface area (Å²) in [5, 5.41) is 0. The third-order valence-corrected chi connectivity index (χ3v) is 3.13. The maximum absolute atomic E-state index is 4.07. The lowest BCUT2D eigenvalue weighted by Crippen LogP contribution is -2.05. The standard InChI is InChI=1S/C14H26N2/c1-3-4-5-6-7-8-9-14(2)12-16-11-10-15-13-16/h10-11,13-14H,3-9,12H2,1-2H3. The number of rotatable bonds is 9. The fourth-order valence-corrected chi connectivity index (χ4v) is 2.12. The van der Waals surface area contributed by atoms with Gasteiger partial charge >= 0.3 is 0 Å². The van der Waals surface area contributed by atoms with Crippen LogP contribution in [-0.2, 0) is 6.54 Å². The zero-order valence-electron chi connectivity index (χ0n) is 10.9. The molecule has 0 aromatic carbocycles. The van der Waals surface area contributed by atoms with E-state index in [1.54, 1.807) is 0 Å². The summed E-state index contributed by atoms with van der Waals surface area (Å²) in [6.45, 7) is 5.73. The van der Waals surface area contributed by atoms with Crippen LogP contribution < -0.4 is 0 Å². The zero-order chi connectivity index (χ0) is 11.6. The van der Waals surface area contributed by atoms with Gasteiger partial charge in [0.05, 0.1) is 6.33 Å². The molecule has 0 saturated heterocycles. The lowest BCUT2D eigenvalue weighted by Gasteiger charge is -2.11. The average molecular weight is 222 g/mol. The largest absolute Gasteiger partial charge is 0.337 e. The van der Waals surface area contributed by atoms with E-state index in [0.717, 1.165) is 12.5 Å². The van der Waals surface area contributed by atoms with E-state index in [9.17, 15) is 0 Å². The molecule has 1 aromatic heterocycles. The van der Waals surface area contributed by atoms with E-state index in [4.69, 9.17) is 0 Å². The van der Waals surface area contributed by atoms with Crippen LogP contribution in [0.5, 0.6) is 0 Å². The van der Waals surface area contributed by atoms with Crippen LogP contribution in [-0.4, -0.2) is 9.55 Å². The minimum absolute atomic E-state index is 0.778. The lowest BCUT2D eigenvalue weighted by molar-refractivity contribution is 0.424. The summed E-state index contributed by atoms with van der Waals surface area (Å²) >= 11 is 0. The number of unbranched alkanes of at least 4 members (excludes halogenated alkanes) is 5. The van der Waals surface area contributed by atoms with Crippen molar-refractivity contribution >= 4 is 0 Å². The maximum atomic E-state index is 4.07. The third kappa shape index (κ3) is 5.94. The van der Waals surface area contributed by atoms with Gasteiger partial charge < -0.3 is 4.57 Å². The van der Waals surface area contributed by atoms with Crippen molar-refractivity contribution in [2.75, 3.05) is 0 Å². The summed E-state index contributed by atoms with van der Waals surface area (Å²) in [6.07, 6.45) is 15.6. The van der Waals surface area contributed by atoms with E-state index in [2.05, 4.69) is 29.6 Å². The molecule has 1 atom stereocenters. The Hall–Kier alpha value is -0.790. The Kier molecular flexibility index (Phi) is 6.95. The van der Waals surface area contributed by atoms with Crippen molar-refractivity contribution in [1.29, 1.82) is 0 Å². The molecule has 1 unspecified atom stereocenters. The van der Waals surface area contributed by atoms with Crippen molar-refractivity contribution in [3.63, 3.8) is 0 Å². The molecule has 0 aliphatic carbocycles. The summed E-state index contributed by atoms with van der Waals surface area (Å²) in [5.74, 6) is 0.778. The van der Waals surface area contributed by atoms with E-state index in [1.165, 1.54) is 44.9 Å². The molecule has 0 saturated carbocycles. The Labute approximate surface area is 100 Å². The van der Waals surface area contributed by atoms with Crippen LogP contribution >= 0.6 is 0 Å². The summed E-state index contributed by atoms with van der Waals surface area (Å²) < 4.78 is 2.18. The lowest BCUT2D eigenvalue weighted by atomic mass is 10.0. The topological polar surface area (TPSA) is 17.8 Å². The highest BCUT2D eigenvalue weighted by Gasteiger charge is 2.02. The highest BCUT2D eigenvalue weighted by molar-refractivity contribution is 4.74. The van der Waals surface area contributed by atoms with Crippen LogP contribution in [0.3, 0.4) is 0 Å². The van der Waals surface area contributed by atoms with E-state index >= 15 is 0 Å². The zero-order valence-corrected chi connectivity index (χ0v) is 10.9. The molecule has 0 aliphatic rings. The minimum Gasteiger partial charge on any atom is -0.337 e. The van der Waals surface area contributed by atoms with Crippen molar-refractivity contribution < 1.29 is 0 Å². The minimum atomic E-state index is 0.778. The summed E-state index contributed by atoms with van der Waals surface area (Å²) in [4.78, 5) is 4.07. The first-order valence-electron chi connectivity index (χ1n) is 6.78. The SMILES string of the molecule is CCCCCCCCC(C)Cn1ccnc1. The van der Waals surface area contributed by atoms with Crippen molar-refractivity contribution in [2.45, 2.75) is 65.3 Å². The van der Waals surface area contributed by atoms with E-state index in [1.807, 2.05) is 12.5 Å². The van der Waals surface area contributed by atoms with Crippen LogP contribution in [0.4, 0.5) is 0 Å². The van der Waals surface area contributed by atoms with Crippen molar-refractivity contribution in [2.24, 2.45) is 5.92 Å². The molecule has 16 heavy (non-hydrogen) atoms. The van der Waals surface area contributed by atoms with Crippen molar-refractivity contribution in [3.05, 3.63) is 18.7 Å². The first-order chi connectivity index (χ1) is 7.83. The van der Waals surface area contributed by atoms with E-state index < -0.39 is 0 Å². The molecule has 0 fully saturated rings. The monoisotopic (exact) mass is 222 g/mol. The van der Waals surface area contributed by atoms with Crippen molar-refractivity contribution in [3.8, 4) is 0 Å². The Morgan fingerprint density at radius 3 is 2.56 bits per heavy atom. The van der Waals surface area contributed by atoms with Crippen molar-refractivity contribution in [1.82, 2.24) is 9.55 Å². The molecule has 1 aromatic rings. The molecular formula is C14H26N2. The fourth-order valence-electron chi connectivity index (χ4n) is 2.12. The van der Waals surface area contributed by atoms with Crippen LogP contribution in [0, 0.1) is 5.92 Å². The van der Waals surface area contributed by atoms with Crippen LogP contribution in [0.1, 0.15) is 58.8 Å². The molecule has 2 nitrogen and oxygen atoms in total. The molecule has 0 N–H and O–H groups in total. The number of aromatic nitrogens is 2. The molecular weight excluding hydrogens is 196 g/mol. The highest BCUT2D eigenvalue weighted by atomic mass is 15.0. The van der Waals surface area contributed by atoms with Gasteiger partial charge in [-0.1, -0.05) is 52.4 Å². The van der Waals surface area contributed by atoms with Gasteiger partial charge in [0.15, 0.2) is 0 Å². The molecule has 0 bridgehead atoms. The second-order valence-corrected chi connectivity index (χ2v) is 4.92. The Balaban J connectivity index is 1.96. The Morgan fingerprint density at radius 1 is 1.12 bits per heavy atom. The number of imidazole rings is 1. The predicted octanol–water partition coefficient (Wildman–Crippen LogP) is 4.27. The van der Waals surface area contributed by atoms with Gasteiger partial charge in [-0.2, -0.15) is 0 Å². The summed E-state index contributed by atoms with van der Waals surface area (Å²) in [7, 11) is 0. The van der Waals surface area contributed by atoms with Crippen LogP contribution in [0.2, 0.25) is 0 Å². The molecule has 92 valence electrons. The molecule has 1 heterocycles. The Bertz CT molecular complexity index is 241. The average Bonchev–Trinajstić information content (AvgIpc) is 2.76. The summed E-state index contributed by atoms with van der Waals surface area (Å²) in [6, 6.07) is 0. The quantitative estimate of drug-likeness (QED) is 0.570. The maximum Gasteiger partial charge on any atom is 0.0945 e. The first kappa shape index (κ1) is 13.3. The van der Waals surface area contributed by atoms with Gasteiger partial charge in [-0.15, -0.1) is 0 Å². The van der Waals surface area contributed by atoms with Gasteiger partial charge in [-0.3, -0.25) is 0 Å². The highest BCUT2D eigenvalue weighted by Crippen LogP contribution is 2.13. The van der Waals surface area contributed by atoms with Gasteiger partial charge in [0.1, 0.15) is 0 Å². The molecule has 0 spiro atoms. The van der Waals surface area contributed by atoms with Gasteiger partial charge in [0.25, 0.3) is 0 Å². The van der Waals surface area contributed by atoms with Gasteiger partial charge in [0, 0.05) is 18.9 Å². The third-order valence-electron chi connectivity index (χ3n) is 3.13. The second-order valence-electron chi connectivity index (χ2n) is 4.92. The van der Waals surface area contributed by atoms with E-state index in [0.29, 0.717) is 0 Å². The number of nitrogens with zero attached hydrogens (tertiary/aromatic N) is 2. The van der Waals surface area contributed by atoms with Gasteiger partial charge in [-0.25, -0.2) is 4.98 Å². The molecule has 2 heteroatoms. The van der Waals surface area contributed by atoms with Gasteiger partial charge in [-0.05, 0) is 12.3 Å². The normalized spacial score (nSPS) is 12.9. The Morgan fingerprint density at radius 2 is 1.88 bits per heavy atom.